The van der Waals surface area contributed by atoms with Gasteiger partial charge in [-0.05, 0) is 36.7 Å². The third-order valence-corrected chi connectivity index (χ3v) is 3.12. The molecule has 0 atom stereocenters. The van der Waals surface area contributed by atoms with Crippen molar-refractivity contribution in [1.29, 1.82) is 0 Å². The predicted octanol–water partition coefficient (Wildman–Crippen LogP) is 1.44. The maximum Gasteiger partial charge on any atom is 0.269 e. The second-order valence-corrected chi connectivity index (χ2v) is 4.44. The summed E-state index contributed by atoms with van der Waals surface area (Å²) in [4.78, 5) is 12.5. The normalized spacial score (nSPS) is 9.58. The van der Waals surface area contributed by atoms with Gasteiger partial charge in [0.1, 0.15) is 11.5 Å². The topological polar surface area (TPSA) is 75.1 Å². The largest absolute Gasteiger partial charge is 0.384 e. The summed E-state index contributed by atoms with van der Waals surface area (Å²) in [7, 11) is 0. The van der Waals surface area contributed by atoms with Crippen molar-refractivity contribution < 1.29 is 9.90 Å². The van der Waals surface area contributed by atoms with Crippen LogP contribution in [0.2, 0.25) is 0 Å². The summed E-state index contributed by atoms with van der Waals surface area (Å²) in [6.45, 7) is 1.55. The number of carbonyl (C=O) groups excluding carboxylic acids is 1. The van der Waals surface area contributed by atoms with Crippen LogP contribution in [-0.4, -0.2) is 27.2 Å². The first-order valence-electron chi connectivity index (χ1n) is 5.51. The molecule has 0 saturated heterocycles. The van der Waals surface area contributed by atoms with E-state index in [0.717, 1.165) is 17.1 Å². The van der Waals surface area contributed by atoms with Crippen LogP contribution in [0.4, 0.5) is 5.69 Å². The molecule has 0 aliphatic heterocycles. The Hall–Kier alpha value is -2.23. The molecule has 0 spiro atoms. The number of nitrogens with zero attached hydrogens (tertiary/aromatic N) is 2. The SMILES string of the molecule is Cc1nnsc1C(=O)Nc1cccc(C#CCO)c1. The molecule has 2 rings (SSSR count). The van der Waals surface area contributed by atoms with Crippen molar-refractivity contribution in [3.63, 3.8) is 0 Å². The summed E-state index contributed by atoms with van der Waals surface area (Å²) >= 11 is 1.06. The summed E-state index contributed by atoms with van der Waals surface area (Å²) in [5.74, 6) is 5.10. The number of anilines is 1. The van der Waals surface area contributed by atoms with Gasteiger partial charge >= 0.3 is 0 Å². The van der Waals surface area contributed by atoms with Gasteiger partial charge in [0.25, 0.3) is 5.91 Å². The highest BCUT2D eigenvalue weighted by Gasteiger charge is 2.13. The summed E-state index contributed by atoms with van der Waals surface area (Å²) in [6.07, 6.45) is 0. The smallest absolute Gasteiger partial charge is 0.269 e. The third-order valence-electron chi connectivity index (χ3n) is 2.29. The minimum Gasteiger partial charge on any atom is -0.384 e. The lowest BCUT2D eigenvalue weighted by molar-refractivity contribution is 0.103. The average molecular weight is 273 g/mol. The first kappa shape index (κ1) is 13.2. The van der Waals surface area contributed by atoms with E-state index in [2.05, 4.69) is 26.7 Å². The second kappa shape index (κ2) is 6.09. The van der Waals surface area contributed by atoms with Crippen LogP contribution >= 0.6 is 11.5 Å². The van der Waals surface area contributed by atoms with Gasteiger partial charge in [-0.2, -0.15) is 0 Å². The van der Waals surface area contributed by atoms with Crippen LogP contribution in [0.25, 0.3) is 0 Å². The Morgan fingerprint density at radius 1 is 1.53 bits per heavy atom. The minimum atomic E-state index is -0.236. The fraction of sp³-hybridized carbons (Fsp3) is 0.154. The molecule has 19 heavy (non-hydrogen) atoms. The average Bonchev–Trinajstić information content (AvgIpc) is 2.83. The zero-order valence-electron chi connectivity index (χ0n) is 10.2. The zero-order valence-corrected chi connectivity index (χ0v) is 11.0. The molecule has 96 valence electrons. The van der Waals surface area contributed by atoms with Gasteiger partial charge in [0.05, 0.1) is 5.69 Å². The first-order chi connectivity index (χ1) is 9.20. The first-order valence-corrected chi connectivity index (χ1v) is 6.28. The molecule has 5 nitrogen and oxygen atoms in total. The van der Waals surface area contributed by atoms with Crippen molar-refractivity contribution in [2.24, 2.45) is 0 Å². The molecular formula is C13H11N3O2S. The minimum absolute atomic E-state index is 0.192. The number of amides is 1. The zero-order chi connectivity index (χ0) is 13.7. The molecular weight excluding hydrogens is 262 g/mol. The summed E-state index contributed by atoms with van der Waals surface area (Å²) in [6, 6.07) is 7.10. The molecule has 1 aromatic heterocycles. The van der Waals surface area contributed by atoms with Gasteiger partial charge in [-0.15, -0.1) is 5.10 Å². The van der Waals surface area contributed by atoms with Crippen molar-refractivity contribution in [2.75, 3.05) is 11.9 Å². The quantitative estimate of drug-likeness (QED) is 0.812. The molecule has 0 aliphatic carbocycles. The number of hydrogen-bond donors (Lipinski definition) is 2. The Kier molecular flexibility index (Phi) is 4.23. The predicted molar refractivity (Wildman–Crippen MR) is 73.0 cm³/mol. The number of benzene rings is 1. The summed E-state index contributed by atoms with van der Waals surface area (Å²) < 4.78 is 3.72. The van der Waals surface area contributed by atoms with E-state index in [1.807, 2.05) is 0 Å². The number of carbonyl (C=O) groups is 1. The Morgan fingerprint density at radius 2 is 2.37 bits per heavy atom. The van der Waals surface area contributed by atoms with Crippen molar-refractivity contribution in [3.05, 3.63) is 40.4 Å². The van der Waals surface area contributed by atoms with E-state index in [0.29, 0.717) is 16.3 Å². The molecule has 0 aliphatic rings. The highest BCUT2D eigenvalue weighted by atomic mass is 32.1. The monoisotopic (exact) mass is 273 g/mol. The number of hydrogen-bond acceptors (Lipinski definition) is 5. The van der Waals surface area contributed by atoms with Gasteiger partial charge in [-0.1, -0.05) is 22.4 Å². The second-order valence-electron chi connectivity index (χ2n) is 3.68. The lowest BCUT2D eigenvalue weighted by atomic mass is 10.2. The molecule has 0 bridgehead atoms. The Bertz CT molecular complexity index is 655. The Balaban J connectivity index is 2.15. The number of aryl methyl sites for hydroxylation is 1. The number of nitrogens with one attached hydrogen (secondary N) is 1. The number of aliphatic hydroxyl groups is 1. The van der Waals surface area contributed by atoms with Crippen molar-refractivity contribution in [2.45, 2.75) is 6.92 Å². The maximum atomic E-state index is 12.0. The van der Waals surface area contributed by atoms with Crippen molar-refractivity contribution >= 4 is 23.1 Å². The molecule has 0 radical (unpaired) electrons. The lowest BCUT2D eigenvalue weighted by Gasteiger charge is -2.03. The van der Waals surface area contributed by atoms with E-state index in [1.54, 1.807) is 31.2 Å². The lowest BCUT2D eigenvalue weighted by Crippen LogP contribution is -2.11. The standard InChI is InChI=1S/C13H11N3O2S/c1-9-12(19-16-15-9)13(18)14-11-6-2-4-10(8-11)5-3-7-17/h2,4,6,8,17H,7H2,1H3,(H,14,18). The van der Waals surface area contributed by atoms with Gasteiger partial charge in [-0.25, -0.2) is 0 Å². The number of rotatable bonds is 2. The van der Waals surface area contributed by atoms with Crippen LogP contribution in [0.1, 0.15) is 20.9 Å². The molecule has 2 N–H and O–H groups in total. The molecule has 6 heteroatoms. The van der Waals surface area contributed by atoms with Crippen LogP contribution in [0.15, 0.2) is 24.3 Å². The van der Waals surface area contributed by atoms with Crippen LogP contribution in [-0.2, 0) is 0 Å². The van der Waals surface area contributed by atoms with Crippen LogP contribution < -0.4 is 5.32 Å². The van der Waals surface area contributed by atoms with Crippen LogP contribution in [0.5, 0.6) is 0 Å². The molecule has 1 heterocycles. The van der Waals surface area contributed by atoms with Crippen LogP contribution in [0.3, 0.4) is 0 Å². The molecule has 1 aromatic carbocycles. The van der Waals surface area contributed by atoms with E-state index in [-0.39, 0.29) is 12.5 Å². The molecule has 1 amide bonds. The van der Waals surface area contributed by atoms with Crippen molar-refractivity contribution in [1.82, 2.24) is 9.59 Å². The fourth-order valence-electron chi connectivity index (χ4n) is 1.44. The van der Waals surface area contributed by atoms with Gasteiger partial charge in [0.2, 0.25) is 0 Å². The van der Waals surface area contributed by atoms with Gasteiger partial charge in [-0.3, -0.25) is 4.79 Å². The van der Waals surface area contributed by atoms with E-state index < -0.39 is 0 Å². The van der Waals surface area contributed by atoms with E-state index in [4.69, 9.17) is 5.11 Å². The molecule has 2 aromatic rings. The Morgan fingerprint density at radius 3 is 3.05 bits per heavy atom. The van der Waals surface area contributed by atoms with Gasteiger partial charge in [0.15, 0.2) is 0 Å². The van der Waals surface area contributed by atoms with E-state index in [1.165, 1.54) is 0 Å². The fourth-order valence-corrected chi connectivity index (χ4v) is 2.00. The molecule has 0 saturated carbocycles. The summed E-state index contributed by atoms with van der Waals surface area (Å²) in [5.41, 5.74) is 1.98. The van der Waals surface area contributed by atoms with Crippen molar-refractivity contribution in [3.8, 4) is 11.8 Å². The number of aliphatic hydroxyl groups excluding tert-OH is 1. The molecule has 0 fully saturated rings. The maximum absolute atomic E-state index is 12.0. The third kappa shape index (κ3) is 3.37. The van der Waals surface area contributed by atoms with Gasteiger partial charge in [0, 0.05) is 11.3 Å². The highest BCUT2D eigenvalue weighted by molar-refractivity contribution is 7.08. The molecule has 0 unspecified atom stereocenters. The Labute approximate surface area is 114 Å². The van der Waals surface area contributed by atoms with Gasteiger partial charge < -0.3 is 10.4 Å². The van der Waals surface area contributed by atoms with Crippen LogP contribution in [0, 0.1) is 18.8 Å². The highest BCUT2D eigenvalue weighted by Crippen LogP contribution is 2.14. The number of aromatic nitrogens is 2. The summed E-state index contributed by atoms with van der Waals surface area (Å²) in [5, 5.41) is 15.2. The van der Waals surface area contributed by atoms with E-state index >= 15 is 0 Å². The van der Waals surface area contributed by atoms with E-state index in [9.17, 15) is 4.79 Å².